The van der Waals surface area contributed by atoms with Crippen LogP contribution in [0.1, 0.15) is 22.8 Å². The molecule has 0 aliphatic heterocycles. The van der Waals surface area contributed by atoms with Crippen LogP contribution in [0.5, 0.6) is 0 Å². The molecule has 0 amide bonds. The van der Waals surface area contributed by atoms with Gasteiger partial charge in [-0.2, -0.15) is 0 Å². The molecule has 0 aliphatic rings. The van der Waals surface area contributed by atoms with Crippen LogP contribution in [0.4, 0.5) is 0 Å². The van der Waals surface area contributed by atoms with Crippen molar-refractivity contribution in [3.05, 3.63) is 58.1 Å². The van der Waals surface area contributed by atoms with Gasteiger partial charge in [-0.05, 0) is 31.5 Å². The first kappa shape index (κ1) is 11.3. The number of hydrogen-bond acceptors (Lipinski definition) is 3. The molecule has 0 aliphatic carbocycles. The van der Waals surface area contributed by atoms with Gasteiger partial charge < -0.3 is 0 Å². The molecule has 2 heterocycles. The number of Topliss-reactive ketones (excluding diaryl/α,β-unsaturated/α-hetero) is 1. The average molecular weight is 228 g/mol. The zero-order valence-electron chi connectivity index (χ0n) is 9.68. The minimum Gasteiger partial charge on any atom is -0.295 e. The van der Waals surface area contributed by atoms with E-state index in [0.29, 0.717) is 11.4 Å². The molecule has 2 aromatic heterocycles. The van der Waals surface area contributed by atoms with Crippen LogP contribution in [0.3, 0.4) is 0 Å². The number of nitrogens with zero attached hydrogens (tertiary/aromatic N) is 2. The number of aromatic nitrogens is 2. The second-order valence-electron chi connectivity index (χ2n) is 3.87. The number of carbonyl (C=O) groups excluding carboxylic acids is 1. The molecule has 0 atom stereocenters. The molecule has 0 saturated carbocycles. The summed E-state index contributed by atoms with van der Waals surface area (Å²) in [6.45, 7) is 3.36. The van der Waals surface area contributed by atoms with Crippen molar-refractivity contribution >= 4 is 5.78 Å². The third-order valence-electron chi connectivity index (χ3n) is 2.47. The van der Waals surface area contributed by atoms with E-state index in [1.165, 1.54) is 17.6 Å². The van der Waals surface area contributed by atoms with Gasteiger partial charge in [0.1, 0.15) is 5.82 Å². The maximum atomic E-state index is 11.8. The highest BCUT2D eigenvalue weighted by molar-refractivity contribution is 5.93. The van der Waals surface area contributed by atoms with Gasteiger partial charge in [0, 0.05) is 24.0 Å². The van der Waals surface area contributed by atoms with Gasteiger partial charge in [0.05, 0.1) is 0 Å². The summed E-state index contributed by atoms with van der Waals surface area (Å²) in [5.74, 6) is 0.432. The van der Waals surface area contributed by atoms with Crippen LogP contribution in [-0.2, 0) is 0 Å². The summed E-state index contributed by atoms with van der Waals surface area (Å²) < 4.78 is 1.41. The Morgan fingerprint density at radius 3 is 2.59 bits per heavy atom. The summed E-state index contributed by atoms with van der Waals surface area (Å²) in [6, 6.07) is 6.59. The zero-order chi connectivity index (χ0) is 12.4. The second kappa shape index (κ2) is 4.33. The third-order valence-corrected chi connectivity index (χ3v) is 2.47. The molecule has 0 N–H and O–H groups in total. The van der Waals surface area contributed by atoms with Gasteiger partial charge in [0.25, 0.3) is 5.56 Å². The Morgan fingerprint density at radius 1 is 1.29 bits per heavy atom. The van der Waals surface area contributed by atoms with Crippen LogP contribution in [0.15, 0.2) is 41.5 Å². The summed E-state index contributed by atoms with van der Waals surface area (Å²) in [7, 11) is 0. The van der Waals surface area contributed by atoms with E-state index in [1.54, 1.807) is 24.5 Å². The van der Waals surface area contributed by atoms with Crippen LogP contribution in [0.25, 0.3) is 5.82 Å². The van der Waals surface area contributed by atoms with E-state index in [1.807, 2.05) is 13.0 Å². The number of carbonyl (C=O) groups is 1. The molecule has 0 aromatic carbocycles. The van der Waals surface area contributed by atoms with Crippen molar-refractivity contribution in [2.45, 2.75) is 13.8 Å². The van der Waals surface area contributed by atoms with Crippen molar-refractivity contribution in [3.63, 3.8) is 0 Å². The Morgan fingerprint density at radius 2 is 2.06 bits per heavy atom. The summed E-state index contributed by atoms with van der Waals surface area (Å²) in [5.41, 5.74) is 1.19. The number of pyridine rings is 2. The lowest BCUT2D eigenvalue weighted by Crippen LogP contribution is -2.19. The minimum absolute atomic E-state index is 0.119. The fourth-order valence-electron chi connectivity index (χ4n) is 1.49. The van der Waals surface area contributed by atoms with Crippen LogP contribution in [0.2, 0.25) is 0 Å². The average Bonchev–Trinajstić information content (AvgIpc) is 2.30. The molecular formula is C13H12N2O2. The van der Waals surface area contributed by atoms with E-state index >= 15 is 0 Å². The molecule has 2 rings (SSSR count). The van der Waals surface area contributed by atoms with Crippen molar-refractivity contribution in [2.24, 2.45) is 0 Å². The quantitative estimate of drug-likeness (QED) is 0.736. The van der Waals surface area contributed by atoms with Crippen LogP contribution in [-0.4, -0.2) is 15.3 Å². The normalized spacial score (nSPS) is 10.2. The molecular weight excluding hydrogens is 216 g/mol. The van der Waals surface area contributed by atoms with Crippen LogP contribution in [0, 0.1) is 6.92 Å². The largest absolute Gasteiger partial charge is 0.295 e. The molecule has 0 bridgehead atoms. The summed E-state index contributed by atoms with van der Waals surface area (Å²) in [6.07, 6.45) is 3.26. The second-order valence-corrected chi connectivity index (χ2v) is 3.87. The predicted molar refractivity (Wildman–Crippen MR) is 64.6 cm³/mol. The highest BCUT2D eigenvalue weighted by Gasteiger charge is 2.04. The lowest BCUT2D eigenvalue weighted by atomic mass is 10.2. The Kier molecular flexibility index (Phi) is 2.87. The first-order valence-corrected chi connectivity index (χ1v) is 5.24. The predicted octanol–water partition coefficient (Wildman–Crippen LogP) is 1.74. The smallest absolute Gasteiger partial charge is 0.256 e. The van der Waals surface area contributed by atoms with Crippen LogP contribution < -0.4 is 5.56 Å². The third kappa shape index (κ3) is 2.30. The zero-order valence-corrected chi connectivity index (χ0v) is 9.68. The van der Waals surface area contributed by atoms with Crippen molar-refractivity contribution in [1.82, 2.24) is 9.55 Å². The van der Waals surface area contributed by atoms with Gasteiger partial charge in [-0.15, -0.1) is 0 Å². The summed E-state index contributed by atoms with van der Waals surface area (Å²) >= 11 is 0. The minimum atomic E-state index is -0.256. The van der Waals surface area contributed by atoms with Gasteiger partial charge >= 0.3 is 0 Å². The Hall–Kier alpha value is -2.23. The van der Waals surface area contributed by atoms with Crippen molar-refractivity contribution in [1.29, 1.82) is 0 Å². The van der Waals surface area contributed by atoms with E-state index < -0.39 is 0 Å². The van der Waals surface area contributed by atoms with Crippen LogP contribution >= 0.6 is 0 Å². The molecule has 0 saturated heterocycles. The fourth-order valence-corrected chi connectivity index (χ4v) is 1.49. The highest BCUT2D eigenvalue weighted by atomic mass is 16.1. The van der Waals surface area contributed by atoms with E-state index in [0.717, 1.165) is 5.56 Å². The number of ketones is 1. The van der Waals surface area contributed by atoms with E-state index in [2.05, 4.69) is 4.98 Å². The number of hydrogen-bond donors (Lipinski definition) is 0. The van der Waals surface area contributed by atoms with Crippen molar-refractivity contribution in [2.75, 3.05) is 0 Å². The first-order valence-electron chi connectivity index (χ1n) is 5.24. The fraction of sp³-hybridized carbons (Fsp3) is 0.154. The lowest BCUT2D eigenvalue weighted by Gasteiger charge is -2.05. The Bertz CT molecular complexity index is 612. The number of aryl methyl sites for hydroxylation is 1. The van der Waals surface area contributed by atoms with E-state index in [9.17, 15) is 9.59 Å². The Labute approximate surface area is 98.6 Å². The van der Waals surface area contributed by atoms with Crippen molar-refractivity contribution in [3.8, 4) is 5.82 Å². The van der Waals surface area contributed by atoms with E-state index in [-0.39, 0.29) is 11.3 Å². The molecule has 0 spiro atoms. The van der Waals surface area contributed by atoms with Gasteiger partial charge in [0.2, 0.25) is 0 Å². The molecule has 4 nitrogen and oxygen atoms in total. The molecule has 0 unspecified atom stereocenters. The van der Waals surface area contributed by atoms with E-state index in [4.69, 9.17) is 0 Å². The topological polar surface area (TPSA) is 52.0 Å². The molecule has 4 heteroatoms. The molecule has 0 radical (unpaired) electrons. The summed E-state index contributed by atoms with van der Waals surface area (Å²) in [5, 5.41) is 0. The van der Waals surface area contributed by atoms with Gasteiger partial charge in [-0.25, -0.2) is 4.98 Å². The van der Waals surface area contributed by atoms with Gasteiger partial charge in [-0.3, -0.25) is 14.2 Å². The maximum absolute atomic E-state index is 11.8. The Balaban J connectivity index is 2.50. The highest BCUT2D eigenvalue weighted by Crippen LogP contribution is 2.04. The SMILES string of the molecule is CC(=O)c1ccn(-c2ccc(C)cn2)c(=O)c1. The van der Waals surface area contributed by atoms with Crippen molar-refractivity contribution < 1.29 is 4.79 Å². The summed E-state index contributed by atoms with van der Waals surface area (Å²) in [4.78, 5) is 27.1. The maximum Gasteiger partial charge on any atom is 0.256 e. The molecule has 0 fully saturated rings. The standard InChI is InChI=1S/C13H12N2O2/c1-9-3-4-12(14-8-9)15-6-5-11(10(2)16)7-13(15)17/h3-8H,1-2H3. The first-order chi connectivity index (χ1) is 8.08. The number of rotatable bonds is 2. The molecule has 2 aromatic rings. The monoisotopic (exact) mass is 228 g/mol. The molecule has 86 valence electrons. The van der Waals surface area contributed by atoms with Gasteiger partial charge in [0.15, 0.2) is 5.78 Å². The molecule has 17 heavy (non-hydrogen) atoms. The van der Waals surface area contributed by atoms with Gasteiger partial charge in [-0.1, -0.05) is 6.07 Å². The lowest BCUT2D eigenvalue weighted by molar-refractivity contribution is 0.101.